The first-order chi connectivity index (χ1) is 20.2. The molecule has 0 radical (unpaired) electrons. The summed E-state index contributed by atoms with van der Waals surface area (Å²) < 4.78 is 2.76. The highest BCUT2D eigenvalue weighted by molar-refractivity contribution is 5.92. The van der Waals surface area contributed by atoms with Gasteiger partial charge in [0.1, 0.15) is 5.78 Å². The monoisotopic (exact) mass is 567 g/mol. The summed E-state index contributed by atoms with van der Waals surface area (Å²) in [7, 11) is 0. The molecule has 2 aromatic carbocycles. The summed E-state index contributed by atoms with van der Waals surface area (Å²) in [5.41, 5.74) is 3.59. The Bertz CT molecular complexity index is 1650. The predicted octanol–water partition coefficient (Wildman–Crippen LogP) is 5.06. The van der Waals surface area contributed by atoms with Crippen LogP contribution in [0.4, 0.5) is 17.3 Å². The zero-order valence-corrected chi connectivity index (χ0v) is 24.9. The van der Waals surface area contributed by atoms with E-state index < -0.39 is 16.8 Å². The fraction of sp³-hybridized carbons (Fsp3) is 0.529. The predicted molar refractivity (Wildman–Crippen MR) is 164 cm³/mol. The van der Waals surface area contributed by atoms with Crippen molar-refractivity contribution >= 4 is 23.1 Å². The van der Waals surface area contributed by atoms with Gasteiger partial charge in [-0.2, -0.15) is 4.98 Å². The summed E-state index contributed by atoms with van der Waals surface area (Å²) in [6.07, 6.45) is 6.30. The van der Waals surface area contributed by atoms with Crippen LogP contribution in [0.25, 0.3) is 0 Å². The summed E-state index contributed by atoms with van der Waals surface area (Å²) in [5.74, 6) is 2.26. The number of ketones is 1. The zero-order chi connectivity index (χ0) is 29.2. The number of carbonyl (C=O) groups excluding carboxylic acids is 1. The number of benzene rings is 2. The largest absolute Gasteiger partial charge is 0.371 e. The lowest BCUT2D eigenvalue weighted by Gasteiger charge is -2.30. The van der Waals surface area contributed by atoms with Crippen molar-refractivity contribution in [2.75, 3.05) is 23.3 Å². The molecule has 3 saturated carbocycles. The van der Waals surface area contributed by atoms with E-state index in [0.717, 1.165) is 54.7 Å². The Morgan fingerprint density at radius 3 is 2.36 bits per heavy atom. The Balaban J connectivity index is 1.20. The number of anilines is 3. The first-order valence-electron chi connectivity index (χ1n) is 15.7. The average Bonchev–Trinajstić information content (AvgIpc) is 3.89. The van der Waals surface area contributed by atoms with Gasteiger partial charge in [-0.1, -0.05) is 36.8 Å². The van der Waals surface area contributed by atoms with E-state index in [4.69, 9.17) is 0 Å². The first-order valence-corrected chi connectivity index (χ1v) is 15.7. The van der Waals surface area contributed by atoms with Crippen LogP contribution in [0.5, 0.6) is 0 Å². The topological polar surface area (TPSA) is 89.2 Å². The smallest absolute Gasteiger partial charge is 0.354 e. The van der Waals surface area contributed by atoms with E-state index in [1.54, 1.807) is 4.57 Å². The molecule has 8 heteroatoms. The van der Waals surface area contributed by atoms with E-state index in [0.29, 0.717) is 17.8 Å². The molecule has 3 aromatic rings. The standard InChI is InChI=1S/C34H41N5O3/c1-21-7-9-24(10-8-21)19-38-31(35-25-11-12-27(22(2)17-25)37-15-5-4-6-16-37)36-32(41)39(33(38)42)20-34(13-14-34)30(40)29-26-18-23(3)28(26)29/h7-12,17,23,26,28-29H,4-6,13-16,18-20H2,1-3H3,(H,35,36,41). The van der Waals surface area contributed by atoms with Crippen LogP contribution in [0.2, 0.25) is 0 Å². The molecular weight excluding hydrogens is 526 g/mol. The molecule has 7 rings (SSSR count). The van der Waals surface area contributed by atoms with E-state index >= 15 is 0 Å². The third-order valence-corrected chi connectivity index (χ3v) is 10.4. The van der Waals surface area contributed by atoms with Gasteiger partial charge in [0.15, 0.2) is 0 Å². The number of rotatable bonds is 9. The van der Waals surface area contributed by atoms with Gasteiger partial charge in [-0.3, -0.25) is 9.36 Å². The number of nitrogens with zero attached hydrogens (tertiary/aromatic N) is 4. The second kappa shape index (κ2) is 10.2. The van der Waals surface area contributed by atoms with Crippen molar-refractivity contribution < 1.29 is 4.79 Å². The van der Waals surface area contributed by atoms with E-state index in [2.05, 4.69) is 41.2 Å². The maximum atomic E-state index is 14.0. The molecule has 3 aliphatic carbocycles. The normalized spacial score (nSPS) is 25.4. The number of nitrogens with one attached hydrogen (secondary N) is 1. The lowest BCUT2D eigenvalue weighted by atomic mass is 9.87. The van der Waals surface area contributed by atoms with Crippen LogP contribution in [0.3, 0.4) is 0 Å². The maximum absolute atomic E-state index is 14.0. The molecule has 1 N–H and O–H groups in total. The summed E-state index contributed by atoms with van der Waals surface area (Å²) >= 11 is 0. The number of aromatic nitrogens is 3. The lowest BCUT2D eigenvalue weighted by Crippen LogP contribution is -2.45. The average molecular weight is 568 g/mol. The highest BCUT2D eigenvalue weighted by Gasteiger charge is 2.68. The summed E-state index contributed by atoms with van der Waals surface area (Å²) in [6.45, 7) is 8.87. The third-order valence-electron chi connectivity index (χ3n) is 10.4. The Morgan fingerprint density at radius 2 is 1.74 bits per heavy atom. The molecule has 0 bridgehead atoms. The van der Waals surface area contributed by atoms with Gasteiger partial charge >= 0.3 is 11.4 Å². The van der Waals surface area contributed by atoms with Crippen molar-refractivity contribution in [3.8, 4) is 0 Å². The van der Waals surface area contributed by atoms with Crippen molar-refractivity contribution in [3.05, 3.63) is 80.1 Å². The van der Waals surface area contributed by atoms with Gasteiger partial charge < -0.3 is 10.2 Å². The van der Waals surface area contributed by atoms with Gasteiger partial charge in [0.05, 0.1) is 6.54 Å². The molecule has 1 saturated heterocycles. The van der Waals surface area contributed by atoms with Crippen LogP contribution >= 0.6 is 0 Å². The molecule has 4 unspecified atom stereocenters. The van der Waals surface area contributed by atoms with Crippen LogP contribution in [0, 0.1) is 42.9 Å². The van der Waals surface area contributed by atoms with Gasteiger partial charge in [0, 0.05) is 42.3 Å². The summed E-state index contributed by atoms with van der Waals surface area (Å²) in [5, 5.41) is 3.29. The molecule has 4 aliphatic rings. The molecule has 1 aliphatic heterocycles. The number of aryl methyl sites for hydroxylation is 2. The molecule has 1 aromatic heterocycles. The Labute approximate surface area is 246 Å². The number of carbonyl (C=O) groups is 1. The number of Topliss-reactive ketones (excluding diaryl/α,β-unsaturated/α-hetero) is 1. The van der Waals surface area contributed by atoms with Gasteiger partial charge in [0.25, 0.3) is 0 Å². The van der Waals surface area contributed by atoms with Crippen molar-refractivity contribution in [3.63, 3.8) is 0 Å². The number of hydrogen-bond donors (Lipinski definition) is 1. The third kappa shape index (κ3) is 4.78. The molecular formula is C34H41N5O3. The Kier molecular flexibility index (Phi) is 6.63. The summed E-state index contributed by atoms with van der Waals surface area (Å²) in [6, 6.07) is 14.2. The van der Waals surface area contributed by atoms with Crippen LogP contribution < -0.4 is 21.6 Å². The number of piperidine rings is 1. The maximum Gasteiger partial charge on any atom is 0.354 e. The first kappa shape index (κ1) is 27.2. The van der Waals surface area contributed by atoms with Crippen molar-refractivity contribution in [2.45, 2.75) is 72.4 Å². The highest BCUT2D eigenvalue weighted by Crippen LogP contribution is 2.68. The molecule has 0 amide bonds. The van der Waals surface area contributed by atoms with Crippen LogP contribution in [0.1, 0.15) is 62.1 Å². The Morgan fingerprint density at radius 1 is 1.00 bits per heavy atom. The van der Waals surface area contributed by atoms with Crippen LogP contribution in [-0.2, 0) is 17.9 Å². The van der Waals surface area contributed by atoms with Gasteiger partial charge in [-0.25, -0.2) is 14.2 Å². The Hall–Kier alpha value is -3.68. The quantitative estimate of drug-likeness (QED) is 0.389. The van der Waals surface area contributed by atoms with Crippen molar-refractivity contribution in [2.24, 2.45) is 29.1 Å². The van der Waals surface area contributed by atoms with Crippen molar-refractivity contribution in [1.82, 2.24) is 14.1 Å². The van der Waals surface area contributed by atoms with Crippen LogP contribution in [-0.4, -0.2) is 33.0 Å². The molecule has 0 spiro atoms. The fourth-order valence-electron chi connectivity index (χ4n) is 7.66. The van der Waals surface area contributed by atoms with Crippen molar-refractivity contribution in [1.29, 1.82) is 0 Å². The van der Waals surface area contributed by atoms with Crippen LogP contribution in [0.15, 0.2) is 52.1 Å². The SMILES string of the molecule is Cc1ccc(Cn2c(Nc3ccc(N4CCCCC4)c(C)c3)nc(=O)n(CC3(C(=O)C4C5CC(C)C54)CC3)c2=O)cc1. The molecule has 4 atom stereocenters. The fourth-order valence-corrected chi connectivity index (χ4v) is 7.66. The zero-order valence-electron chi connectivity index (χ0n) is 24.9. The second-order valence-corrected chi connectivity index (χ2v) is 13.5. The van der Waals surface area contributed by atoms with E-state index in [1.165, 1.54) is 29.5 Å². The van der Waals surface area contributed by atoms with E-state index in [9.17, 15) is 14.4 Å². The lowest BCUT2D eigenvalue weighted by molar-refractivity contribution is -0.126. The highest BCUT2D eigenvalue weighted by atomic mass is 16.2. The molecule has 4 fully saturated rings. The molecule has 42 heavy (non-hydrogen) atoms. The van der Waals surface area contributed by atoms with Gasteiger partial charge in [-0.15, -0.1) is 0 Å². The van der Waals surface area contributed by atoms with Gasteiger partial charge in [0.2, 0.25) is 5.95 Å². The number of hydrogen-bond acceptors (Lipinski definition) is 6. The van der Waals surface area contributed by atoms with E-state index in [-0.39, 0.29) is 30.7 Å². The minimum Gasteiger partial charge on any atom is -0.371 e. The second-order valence-electron chi connectivity index (χ2n) is 13.5. The van der Waals surface area contributed by atoms with Gasteiger partial charge in [-0.05, 0) is 99.5 Å². The molecule has 2 heterocycles. The minimum absolute atomic E-state index is 0.123. The minimum atomic E-state index is -0.601. The van der Waals surface area contributed by atoms with E-state index in [1.807, 2.05) is 37.3 Å². The summed E-state index contributed by atoms with van der Waals surface area (Å²) in [4.78, 5) is 47.8. The molecule has 8 nitrogen and oxygen atoms in total. The molecule has 220 valence electrons. The number of fused-ring (bicyclic) bond motifs is 1.